The van der Waals surface area contributed by atoms with Gasteiger partial charge >= 0.3 is 0 Å². The van der Waals surface area contributed by atoms with Crippen molar-refractivity contribution in [2.75, 3.05) is 6.54 Å². The maximum Gasteiger partial charge on any atom is 0.270 e. The van der Waals surface area contributed by atoms with Gasteiger partial charge in [0.1, 0.15) is 0 Å². The van der Waals surface area contributed by atoms with Crippen LogP contribution in [0.15, 0.2) is 52.4 Å². The van der Waals surface area contributed by atoms with Crippen molar-refractivity contribution in [3.05, 3.63) is 57.2 Å². The van der Waals surface area contributed by atoms with Crippen molar-refractivity contribution >= 4 is 22.7 Å². The van der Waals surface area contributed by atoms with Crippen LogP contribution in [0.4, 0.5) is 5.69 Å². The minimum Gasteiger partial charge on any atom is -0.258 e. The van der Waals surface area contributed by atoms with E-state index in [1.807, 2.05) is 16.1 Å². The highest BCUT2D eigenvalue weighted by molar-refractivity contribution is 7.07. The van der Waals surface area contributed by atoms with Crippen LogP contribution in [0, 0.1) is 10.1 Å². The Balaban J connectivity index is 2.07. The average molecular weight is 385 g/mol. The summed E-state index contributed by atoms with van der Waals surface area (Å²) in [6.07, 6.45) is 9.87. The van der Waals surface area contributed by atoms with E-state index in [9.17, 15) is 10.1 Å². The molecule has 1 aliphatic rings. The number of hydrogen-bond acceptors (Lipinski definition) is 5. The van der Waals surface area contributed by atoms with E-state index in [1.165, 1.54) is 42.4 Å². The van der Waals surface area contributed by atoms with Crippen LogP contribution in [0.3, 0.4) is 0 Å². The zero-order chi connectivity index (χ0) is 19.1. The monoisotopic (exact) mass is 384 g/mol. The van der Waals surface area contributed by atoms with E-state index >= 15 is 0 Å². The van der Waals surface area contributed by atoms with Gasteiger partial charge in [-0.25, -0.2) is 4.68 Å². The number of aromatic nitrogens is 1. The fraction of sp³-hybridized carbons (Fsp3) is 0.400. The molecule has 1 heterocycles. The van der Waals surface area contributed by atoms with Gasteiger partial charge in [-0.05, 0) is 25.7 Å². The van der Waals surface area contributed by atoms with E-state index in [1.54, 1.807) is 18.2 Å². The first kappa shape index (κ1) is 19.2. The normalized spacial score (nSPS) is 15.9. The number of nitrogens with zero attached hydrogens (tertiary/aromatic N) is 4. The van der Waals surface area contributed by atoms with Crippen LogP contribution in [0.5, 0.6) is 0 Å². The molecule has 1 aromatic carbocycles. The van der Waals surface area contributed by atoms with Crippen LogP contribution in [0.2, 0.25) is 0 Å². The second-order valence-electron chi connectivity index (χ2n) is 6.59. The van der Waals surface area contributed by atoms with Gasteiger partial charge in [-0.3, -0.25) is 15.1 Å². The molecule has 1 aliphatic carbocycles. The van der Waals surface area contributed by atoms with E-state index < -0.39 is 0 Å². The zero-order valence-electron chi connectivity index (χ0n) is 15.3. The van der Waals surface area contributed by atoms with Crippen LogP contribution >= 0.6 is 11.3 Å². The fourth-order valence-electron chi connectivity index (χ4n) is 3.18. The number of benzene rings is 1. The Hall–Kier alpha value is -2.54. The van der Waals surface area contributed by atoms with Crippen molar-refractivity contribution in [2.24, 2.45) is 10.1 Å². The van der Waals surface area contributed by atoms with E-state index in [0.29, 0.717) is 6.54 Å². The van der Waals surface area contributed by atoms with E-state index in [0.717, 1.165) is 41.7 Å². The van der Waals surface area contributed by atoms with Crippen molar-refractivity contribution in [1.29, 1.82) is 0 Å². The lowest BCUT2D eigenvalue weighted by Gasteiger charge is -2.12. The Kier molecular flexibility index (Phi) is 6.70. The van der Waals surface area contributed by atoms with Gasteiger partial charge < -0.3 is 0 Å². The molecule has 0 saturated heterocycles. The Bertz CT molecular complexity index is 901. The molecule has 6 nitrogen and oxygen atoms in total. The predicted molar refractivity (Wildman–Crippen MR) is 110 cm³/mol. The smallest absolute Gasteiger partial charge is 0.258 e. The van der Waals surface area contributed by atoms with Gasteiger partial charge in [0, 0.05) is 28.8 Å². The summed E-state index contributed by atoms with van der Waals surface area (Å²) in [5.74, 6) is 0. The quantitative estimate of drug-likeness (QED) is 0.406. The van der Waals surface area contributed by atoms with Crippen LogP contribution in [-0.4, -0.2) is 21.9 Å². The first-order chi connectivity index (χ1) is 13.2. The highest BCUT2D eigenvalue weighted by Gasteiger charge is 2.13. The van der Waals surface area contributed by atoms with Gasteiger partial charge in [0.05, 0.1) is 17.2 Å². The first-order valence-corrected chi connectivity index (χ1v) is 10.2. The molecule has 7 heteroatoms. The van der Waals surface area contributed by atoms with E-state index in [4.69, 9.17) is 5.10 Å². The molecule has 27 heavy (non-hydrogen) atoms. The standard InChI is InChI=1S/C20H24N4O2S/c1-2-13-21-20-23(22-17-10-6-4-3-5-7-11-17)19(15-27-20)16-9-8-12-18(14-16)24(25)26/h2,8-9,12,14-15H,1,3-7,10-11,13H2. The minimum atomic E-state index is -0.371. The number of thiazole rings is 1. The Morgan fingerprint density at radius 2 is 1.96 bits per heavy atom. The molecular formula is C20H24N4O2S. The van der Waals surface area contributed by atoms with Crippen molar-refractivity contribution in [1.82, 2.24) is 4.68 Å². The van der Waals surface area contributed by atoms with E-state index in [2.05, 4.69) is 11.6 Å². The first-order valence-electron chi connectivity index (χ1n) is 9.32. The molecule has 0 atom stereocenters. The summed E-state index contributed by atoms with van der Waals surface area (Å²) in [5.41, 5.74) is 2.87. The SMILES string of the molecule is C=CCN=c1scc(-c2cccc([N+](=O)[O-])c2)n1N=C1CCCCCCC1. The van der Waals surface area contributed by atoms with Crippen molar-refractivity contribution in [2.45, 2.75) is 44.9 Å². The summed E-state index contributed by atoms with van der Waals surface area (Å²) in [7, 11) is 0. The molecule has 3 rings (SSSR count). The molecule has 1 saturated carbocycles. The van der Waals surface area contributed by atoms with Crippen LogP contribution in [-0.2, 0) is 0 Å². The molecule has 0 aliphatic heterocycles. The summed E-state index contributed by atoms with van der Waals surface area (Å²) < 4.78 is 1.85. The van der Waals surface area contributed by atoms with Crippen LogP contribution in [0.25, 0.3) is 11.3 Å². The Morgan fingerprint density at radius 3 is 2.67 bits per heavy atom. The van der Waals surface area contributed by atoms with E-state index in [-0.39, 0.29) is 10.6 Å². The van der Waals surface area contributed by atoms with Gasteiger partial charge in [0.25, 0.3) is 5.69 Å². The molecule has 1 aromatic heterocycles. The molecule has 2 aromatic rings. The summed E-state index contributed by atoms with van der Waals surface area (Å²) in [6, 6.07) is 6.68. The van der Waals surface area contributed by atoms with Crippen molar-refractivity contribution in [3.8, 4) is 11.3 Å². The molecule has 142 valence electrons. The van der Waals surface area contributed by atoms with Gasteiger partial charge in [0.15, 0.2) is 0 Å². The molecular weight excluding hydrogens is 360 g/mol. The molecule has 0 amide bonds. The molecule has 0 spiro atoms. The van der Waals surface area contributed by atoms with Gasteiger partial charge in [0.2, 0.25) is 4.80 Å². The minimum absolute atomic E-state index is 0.0773. The van der Waals surface area contributed by atoms with Crippen LogP contribution in [0.1, 0.15) is 44.9 Å². The van der Waals surface area contributed by atoms with Crippen LogP contribution < -0.4 is 4.80 Å². The lowest BCUT2D eigenvalue weighted by Crippen LogP contribution is -2.15. The largest absolute Gasteiger partial charge is 0.270 e. The third-order valence-corrected chi connectivity index (χ3v) is 5.42. The maximum absolute atomic E-state index is 11.1. The van der Waals surface area contributed by atoms with Gasteiger partial charge in [-0.15, -0.1) is 17.9 Å². The molecule has 0 radical (unpaired) electrons. The molecule has 0 unspecified atom stereocenters. The lowest BCUT2D eigenvalue weighted by atomic mass is 9.99. The topological polar surface area (TPSA) is 72.8 Å². The fourth-order valence-corrected chi connectivity index (χ4v) is 4.02. The Morgan fingerprint density at radius 1 is 1.22 bits per heavy atom. The molecule has 1 fully saturated rings. The maximum atomic E-state index is 11.1. The summed E-state index contributed by atoms with van der Waals surface area (Å²) in [6.45, 7) is 4.24. The third kappa shape index (κ3) is 5.01. The lowest BCUT2D eigenvalue weighted by molar-refractivity contribution is -0.384. The van der Waals surface area contributed by atoms with Gasteiger partial charge in [-0.2, -0.15) is 5.10 Å². The third-order valence-electron chi connectivity index (χ3n) is 4.57. The zero-order valence-corrected chi connectivity index (χ0v) is 16.2. The summed E-state index contributed by atoms with van der Waals surface area (Å²) in [5, 5.41) is 18.0. The predicted octanol–water partition coefficient (Wildman–Crippen LogP) is 5.16. The molecule has 0 N–H and O–H groups in total. The van der Waals surface area contributed by atoms with Crippen molar-refractivity contribution in [3.63, 3.8) is 0 Å². The number of rotatable bonds is 5. The Labute approximate surface area is 162 Å². The second kappa shape index (κ2) is 9.41. The number of non-ortho nitro benzene ring substituents is 1. The molecule has 0 bridgehead atoms. The number of nitro benzene ring substituents is 1. The number of nitro groups is 1. The number of hydrogen-bond donors (Lipinski definition) is 0. The highest BCUT2D eigenvalue weighted by atomic mass is 32.1. The second-order valence-corrected chi connectivity index (χ2v) is 7.42. The highest BCUT2D eigenvalue weighted by Crippen LogP contribution is 2.25. The summed E-state index contributed by atoms with van der Waals surface area (Å²) >= 11 is 1.49. The van der Waals surface area contributed by atoms with Crippen molar-refractivity contribution < 1.29 is 4.92 Å². The average Bonchev–Trinajstić information content (AvgIpc) is 3.04. The van der Waals surface area contributed by atoms with Gasteiger partial charge in [-0.1, -0.05) is 37.5 Å². The summed E-state index contributed by atoms with van der Waals surface area (Å²) in [4.78, 5) is 16.1.